The highest BCUT2D eigenvalue weighted by molar-refractivity contribution is 6.31. The van der Waals surface area contributed by atoms with Crippen molar-refractivity contribution in [1.29, 1.82) is 5.26 Å². The third kappa shape index (κ3) is 5.11. The molecule has 2 aromatic rings. The molecule has 24 heavy (non-hydrogen) atoms. The standard InChI is InChI=1S/C18H16ClN3O2/c19-14-6-2-1-5-13(14)9-10-17(23)21-15-7-3-4-8-16(15)22-18(24)11-12-20/h1-8H,9-11H2,(H,21,23)(H,22,24). The molecule has 0 spiro atoms. The quantitative estimate of drug-likeness (QED) is 0.839. The van der Waals surface area contributed by atoms with Crippen LogP contribution in [0.4, 0.5) is 11.4 Å². The Morgan fingerprint density at radius 2 is 1.54 bits per heavy atom. The molecule has 2 aromatic carbocycles. The second-order valence-corrected chi connectivity index (χ2v) is 5.48. The van der Waals surface area contributed by atoms with Crippen LogP contribution in [0.2, 0.25) is 5.02 Å². The maximum atomic E-state index is 12.1. The number of amides is 2. The molecule has 0 saturated heterocycles. The summed E-state index contributed by atoms with van der Waals surface area (Å²) >= 11 is 6.07. The van der Waals surface area contributed by atoms with Gasteiger partial charge in [-0.15, -0.1) is 0 Å². The molecule has 2 rings (SSSR count). The van der Waals surface area contributed by atoms with Gasteiger partial charge in [0, 0.05) is 11.4 Å². The Hall–Kier alpha value is -2.84. The Balaban J connectivity index is 1.98. The van der Waals surface area contributed by atoms with E-state index in [4.69, 9.17) is 16.9 Å². The summed E-state index contributed by atoms with van der Waals surface area (Å²) in [5.41, 5.74) is 1.86. The van der Waals surface area contributed by atoms with Crippen molar-refractivity contribution in [3.8, 4) is 6.07 Å². The van der Waals surface area contributed by atoms with Gasteiger partial charge in [-0.25, -0.2) is 0 Å². The van der Waals surface area contributed by atoms with Crippen molar-refractivity contribution in [3.63, 3.8) is 0 Å². The molecule has 0 aliphatic heterocycles. The van der Waals surface area contributed by atoms with Crippen LogP contribution in [0.1, 0.15) is 18.4 Å². The topological polar surface area (TPSA) is 82.0 Å². The van der Waals surface area contributed by atoms with Gasteiger partial charge in [-0.2, -0.15) is 5.26 Å². The fourth-order valence-electron chi connectivity index (χ4n) is 2.13. The molecule has 0 radical (unpaired) electrons. The first kappa shape index (κ1) is 17.5. The van der Waals surface area contributed by atoms with Gasteiger partial charge in [0.15, 0.2) is 0 Å². The van der Waals surface area contributed by atoms with Crippen LogP contribution in [-0.4, -0.2) is 11.8 Å². The van der Waals surface area contributed by atoms with Crippen molar-refractivity contribution in [3.05, 3.63) is 59.1 Å². The highest BCUT2D eigenvalue weighted by Gasteiger charge is 2.10. The van der Waals surface area contributed by atoms with Gasteiger partial charge in [-0.3, -0.25) is 9.59 Å². The lowest BCUT2D eigenvalue weighted by Gasteiger charge is -2.11. The molecule has 0 heterocycles. The number of nitriles is 1. The number of hydrogen-bond donors (Lipinski definition) is 2. The second-order valence-electron chi connectivity index (χ2n) is 5.07. The molecule has 0 atom stereocenters. The predicted molar refractivity (Wildman–Crippen MR) is 93.7 cm³/mol. The highest BCUT2D eigenvalue weighted by Crippen LogP contribution is 2.22. The SMILES string of the molecule is N#CCC(=O)Nc1ccccc1NC(=O)CCc1ccccc1Cl. The van der Waals surface area contributed by atoms with Crippen LogP contribution in [0.5, 0.6) is 0 Å². The van der Waals surface area contributed by atoms with E-state index in [1.54, 1.807) is 36.4 Å². The summed E-state index contributed by atoms with van der Waals surface area (Å²) in [5, 5.41) is 14.5. The van der Waals surface area contributed by atoms with E-state index in [2.05, 4.69) is 10.6 Å². The molecule has 122 valence electrons. The number of carbonyl (C=O) groups is 2. The summed E-state index contributed by atoms with van der Waals surface area (Å²) in [6.45, 7) is 0. The molecule has 0 aliphatic rings. The first-order valence-corrected chi connectivity index (χ1v) is 7.77. The number of halogens is 1. The number of nitrogens with zero attached hydrogens (tertiary/aromatic N) is 1. The number of benzene rings is 2. The van der Waals surface area contributed by atoms with Crippen molar-refractivity contribution in [2.45, 2.75) is 19.3 Å². The minimum absolute atomic E-state index is 0.183. The first-order valence-electron chi connectivity index (χ1n) is 7.39. The zero-order chi connectivity index (χ0) is 17.4. The average molecular weight is 342 g/mol. The summed E-state index contributed by atoms with van der Waals surface area (Å²) in [5.74, 6) is -0.604. The van der Waals surface area contributed by atoms with Gasteiger partial charge in [0.1, 0.15) is 6.42 Å². The lowest BCUT2D eigenvalue weighted by molar-refractivity contribution is -0.116. The molecular weight excluding hydrogens is 326 g/mol. The summed E-state index contributed by atoms with van der Waals surface area (Å²) in [4.78, 5) is 23.7. The van der Waals surface area contributed by atoms with Gasteiger partial charge in [0.2, 0.25) is 11.8 Å². The van der Waals surface area contributed by atoms with E-state index in [0.717, 1.165) is 5.56 Å². The number of anilines is 2. The lowest BCUT2D eigenvalue weighted by atomic mass is 10.1. The number of nitrogens with one attached hydrogen (secondary N) is 2. The van der Waals surface area contributed by atoms with Crippen molar-refractivity contribution in [1.82, 2.24) is 0 Å². The molecule has 0 aliphatic carbocycles. The van der Waals surface area contributed by atoms with Gasteiger partial charge in [-0.05, 0) is 30.2 Å². The Kier molecular flexibility index (Phi) is 6.35. The zero-order valence-corrected chi connectivity index (χ0v) is 13.6. The van der Waals surface area contributed by atoms with Crippen molar-refractivity contribution in [2.24, 2.45) is 0 Å². The predicted octanol–water partition coefficient (Wildman–Crippen LogP) is 3.76. The summed E-state index contributed by atoms with van der Waals surface area (Å²) < 4.78 is 0. The molecule has 0 aromatic heterocycles. The van der Waals surface area contributed by atoms with Crippen molar-refractivity contribution < 1.29 is 9.59 Å². The summed E-state index contributed by atoms with van der Waals surface area (Å²) in [7, 11) is 0. The van der Waals surface area contributed by atoms with Gasteiger partial charge >= 0.3 is 0 Å². The number of carbonyl (C=O) groups excluding carboxylic acids is 2. The van der Waals surface area contributed by atoms with E-state index in [0.29, 0.717) is 22.8 Å². The normalized spacial score (nSPS) is 9.83. The van der Waals surface area contributed by atoms with E-state index in [-0.39, 0.29) is 18.7 Å². The van der Waals surface area contributed by atoms with Crippen LogP contribution in [0.25, 0.3) is 0 Å². The molecule has 6 heteroatoms. The van der Waals surface area contributed by atoms with Gasteiger partial charge in [-0.1, -0.05) is 41.9 Å². The van der Waals surface area contributed by atoms with Crippen molar-refractivity contribution >= 4 is 34.8 Å². The number of aryl methyl sites for hydroxylation is 1. The lowest BCUT2D eigenvalue weighted by Crippen LogP contribution is -2.16. The van der Waals surface area contributed by atoms with Crippen LogP contribution >= 0.6 is 11.6 Å². The third-order valence-corrected chi connectivity index (χ3v) is 3.66. The van der Waals surface area contributed by atoms with Gasteiger partial charge in [0.05, 0.1) is 17.4 Å². The Bertz CT molecular complexity index is 784. The fraction of sp³-hybridized carbons (Fsp3) is 0.167. The van der Waals surface area contributed by atoms with Crippen molar-refractivity contribution in [2.75, 3.05) is 10.6 Å². The Morgan fingerprint density at radius 1 is 0.958 bits per heavy atom. The monoisotopic (exact) mass is 341 g/mol. The summed E-state index contributed by atoms with van der Waals surface area (Å²) in [6.07, 6.45) is 0.549. The van der Waals surface area contributed by atoms with Crippen LogP contribution < -0.4 is 10.6 Å². The fourth-order valence-corrected chi connectivity index (χ4v) is 2.36. The van der Waals surface area contributed by atoms with E-state index in [9.17, 15) is 9.59 Å². The van der Waals surface area contributed by atoms with E-state index >= 15 is 0 Å². The molecule has 0 saturated carbocycles. The van der Waals surface area contributed by atoms with Gasteiger partial charge in [0.25, 0.3) is 0 Å². The highest BCUT2D eigenvalue weighted by atomic mass is 35.5. The largest absolute Gasteiger partial charge is 0.324 e. The van der Waals surface area contributed by atoms with Crippen LogP contribution in [0.3, 0.4) is 0 Å². The molecular formula is C18H16ClN3O2. The maximum Gasteiger partial charge on any atom is 0.238 e. The molecule has 2 amide bonds. The number of hydrogen-bond acceptors (Lipinski definition) is 3. The average Bonchev–Trinajstić information content (AvgIpc) is 2.56. The van der Waals surface area contributed by atoms with Crippen LogP contribution in [0.15, 0.2) is 48.5 Å². The first-order chi connectivity index (χ1) is 11.6. The van der Waals surface area contributed by atoms with E-state index < -0.39 is 5.91 Å². The van der Waals surface area contributed by atoms with E-state index in [1.807, 2.05) is 18.2 Å². The molecule has 0 fully saturated rings. The molecule has 2 N–H and O–H groups in total. The molecule has 0 unspecified atom stereocenters. The second kappa shape index (κ2) is 8.70. The Labute approximate surface area is 145 Å². The minimum atomic E-state index is -0.421. The molecule has 5 nitrogen and oxygen atoms in total. The zero-order valence-electron chi connectivity index (χ0n) is 12.9. The van der Waals surface area contributed by atoms with E-state index in [1.165, 1.54) is 0 Å². The summed E-state index contributed by atoms with van der Waals surface area (Å²) in [6, 6.07) is 16.0. The maximum absolute atomic E-state index is 12.1. The van der Waals surface area contributed by atoms with Gasteiger partial charge < -0.3 is 10.6 Å². The smallest absolute Gasteiger partial charge is 0.238 e. The minimum Gasteiger partial charge on any atom is -0.324 e. The Morgan fingerprint density at radius 3 is 2.17 bits per heavy atom. The van der Waals surface area contributed by atoms with Crippen LogP contribution in [0, 0.1) is 11.3 Å². The third-order valence-electron chi connectivity index (χ3n) is 3.29. The number of para-hydroxylation sites is 2. The van der Waals surface area contributed by atoms with Crippen LogP contribution in [-0.2, 0) is 16.0 Å². The number of rotatable bonds is 6. The molecule has 0 bridgehead atoms.